The molecule has 60 heavy (non-hydrogen) atoms. The van der Waals surface area contributed by atoms with Gasteiger partial charge in [0.25, 0.3) is 0 Å². The van der Waals surface area contributed by atoms with Gasteiger partial charge in [-0.05, 0) is 139 Å². The number of carbonyl (C=O) groups is 2. The molecule has 3 aliphatic rings. The Bertz CT molecular complexity index is 2340. The molecule has 0 radical (unpaired) electrons. The Labute approximate surface area is 350 Å². The van der Waals surface area contributed by atoms with Crippen molar-refractivity contribution in [3.63, 3.8) is 0 Å². The summed E-state index contributed by atoms with van der Waals surface area (Å²) >= 11 is 0. The minimum atomic E-state index is -1.18. The highest BCUT2D eigenvalue weighted by atomic mass is 16.5. The summed E-state index contributed by atoms with van der Waals surface area (Å²) in [5, 5.41) is 58.9. The first kappa shape index (κ1) is 41.1. The number of aromatic hydroxyl groups is 2. The molecule has 8 N–H and O–H groups in total. The Balaban J connectivity index is 1.17. The van der Waals surface area contributed by atoms with Gasteiger partial charge in [0.2, 0.25) is 0 Å². The van der Waals surface area contributed by atoms with E-state index in [2.05, 4.69) is 15.3 Å². The number of fused-ring (bicyclic) bond motifs is 7. The number of H-pyrrole nitrogens is 2. The Kier molecular flexibility index (Phi) is 12.6. The number of aliphatic hydroxyl groups excluding tert-OH is 3. The lowest BCUT2D eigenvalue weighted by Crippen LogP contribution is -2.38. The third-order valence-electron chi connectivity index (χ3n) is 12.7. The zero-order valence-electron chi connectivity index (χ0n) is 33.8. The van der Waals surface area contributed by atoms with Crippen LogP contribution in [0.2, 0.25) is 0 Å². The van der Waals surface area contributed by atoms with E-state index in [1.165, 1.54) is 0 Å². The number of aryl methyl sites for hydroxylation is 2. The van der Waals surface area contributed by atoms with Crippen molar-refractivity contribution in [3.05, 3.63) is 135 Å². The predicted octanol–water partition coefficient (Wildman–Crippen LogP) is 7.42. The summed E-state index contributed by atoms with van der Waals surface area (Å²) in [4.78, 5) is 36.2. The Hall–Kier alpha value is -5.62. The molecule has 2 aliphatic carbocycles. The first-order valence-electron chi connectivity index (χ1n) is 21.4. The average molecular weight is 814 g/mol. The number of carbonyl (C=O) groups excluding carboxylic acids is 2. The molecule has 2 aromatic heterocycles. The maximum Gasteiger partial charge on any atom is 0.163 e. The highest BCUT2D eigenvalue weighted by Crippen LogP contribution is 2.45. The van der Waals surface area contributed by atoms with Gasteiger partial charge < -0.3 is 45.6 Å². The van der Waals surface area contributed by atoms with Gasteiger partial charge in [0.05, 0.1) is 18.1 Å². The first-order valence-corrected chi connectivity index (χ1v) is 21.4. The normalized spacial score (nSPS) is 21.7. The number of benzene rings is 3. The van der Waals surface area contributed by atoms with E-state index >= 15 is 4.79 Å². The number of phenols is 2. The van der Waals surface area contributed by atoms with E-state index in [9.17, 15) is 30.3 Å². The molecule has 0 unspecified atom stereocenters. The maximum atomic E-state index is 15.2. The number of aromatic nitrogens is 2. The molecule has 1 aliphatic heterocycles. The highest BCUT2D eigenvalue weighted by Gasteiger charge is 2.42. The minimum absolute atomic E-state index is 0.0163. The maximum absolute atomic E-state index is 15.2. The van der Waals surface area contributed by atoms with Crippen molar-refractivity contribution in [2.75, 3.05) is 18.5 Å². The number of aromatic amines is 2. The number of phenolic OH excluding ortho intramolecular Hbond substituents is 2. The molecule has 3 aromatic carbocycles. The van der Waals surface area contributed by atoms with Crippen LogP contribution in [-0.2, 0) is 28.9 Å². The lowest BCUT2D eigenvalue weighted by Gasteiger charge is -2.35. The molecule has 314 valence electrons. The van der Waals surface area contributed by atoms with E-state index in [4.69, 9.17) is 4.74 Å². The van der Waals surface area contributed by atoms with E-state index < -0.39 is 30.0 Å². The summed E-state index contributed by atoms with van der Waals surface area (Å²) in [5.74, 6) is -1.93. The number of hydrogen-bond acceptors (Lipinski definition) is 9. The first-order chi connectivity index (χ1) is 29.1. The van der Waals surface area contributed by atoms with E-state index in [1.54, 1.807) is 30.3 Å². The van der Waals surface area contributed by atoms with Crippen LogP contribution in [-0.4, -0.2) is 72.4 Å². The second-order valence-electron chi connectivity index (χ2n) is 16.8. The monoisotopic (exact) mass is 813 g/mol. The molecule has 0 amide bonds. The number of anilines is 1. The smallest absolute Gasteiger partial charge is 0.163 e. The van der Waals surface area contributed by atoms with Crippen LogP contribution in [0.3, 0.4) is 0 Å². The molecular weight excluding hydrogens is 759 g/mol. The minimum Gasteiger partial charge on any atom is -0.508 e. The molecule has 11 heteroatoms. The molecule has 11 nitrogen and oxygen atoms in total. The number of ketones is 2. The van der Waals surface area contributed by atoms with Gasteiger partial charge in [-0.25, -0.2) is 0 Å². The number of aliphatic hydroxyl groups is 3. The SMILES string of the molecule is O=C1CCc2cc(OC3CCCC3)c(O)c(c2)[C@@H](O)c2cccc(c2)Cc2cc[nH]c2NCC2=Cc3[nH]ccc3[C@@H](C[C@H](O)CCc3cccc(O)c3)[C@@H]2C(=O)[C@@H]1CCO. The second-order valence-corrected chi connectivity index (χ2v) is 16.8. The lowest BCUT2D eigenvalue weighted by atomic mass is 9.68. The topological polar surface area (TPSA) is 188 Å². The molecule has 1 fully saturated rings. The van der Waals surface area contributed by atoms with Gasteiger partial charge in [-0.2, -0.15) is 0 Å². The predicted molar refractivity (Wildman–Crippen MR) is 229 cm³/mol. The molecule has 4 bridgehead atoms. The third-order valence-corrected chi connectivity index (χ3v) is 12.7. The number of hydrogen-bond donors (Lipinski definition) is 8. The van der Waals surface area contributed by atoms with E-state index in [1.807, 2.05) is 60.9 Å². The van der Waals surface area contributed by atoms with Crippen molar-refractivity contribution in [2.45, 2.75) is 94.9 Å². The molecule has 8 rings (SSSR count). The molecule has 3 heterocycles. The fourth-order valence-corrected chi connectivity index (χ4v) is 9.56. The summed E-state index contributed by atoms with van der Waals surface area (Å²) < 4.78 is 6.34. The van der Waals surface area contributed by atoms with Gasteiger partial charge in [0, 0.05) is 61.5 Å². The molecule has 5 atom stereocenters. The van der Waals surface area contributed by atoms with Crippen LogP contribution in [0.25, 0.3) is 6.08 Å². The van der Waals surface area contributed by atoms with Crippen LogP contribution in [0, 0.1) is 11.8 Å². The van der Waals surface area contributed by atoms with Crippen molar-refractivity contribution >= 4 is 23.5 Å². The number of nitrogens with one attached hydrogen (secondary N) is 3. The van der Waals surface area contributed by atoms with Crippen LogP contribution in [0.15, 0.2) is 90.8 Å². The Morgan fingerprint density at radius 3 is 2.50 bits per heavy atom. The number of rotatable bonds is 9. The largest absolute Gasteiger partial charge is 0.508 e. The van der Waals surface area contributed by atoms with Gasteiger partial charge in [0.15, 0.2) is 17.3 Å². The summed E-state index contributed by atoms with van der Waals surface area (Å²) in [6, 6.07) is 22.0. The van der Waals surface area contributed by atoms with Gasteiger partial charge in [-0.15, -0.1) is 0 Å². The second kappa shape index (κ2) is 18.3. The van der Waals surface area contributed by atoms with Gasteiger partial charge in [-0.3, -0.25) is 9.59 Å². The van der Waals surface area contributed by atoms with Crippen molar-refractivity contribution < 1.29 is 39.9 Å². The van der Waals surface area contributed by atoms with E-state index in [0.29, 0.717) is 30.4 Å². The van der Waals surface area contributed by atoms with Crippen LogP contribution in [0.4, 0.5) is 5.82 Å². The molecule has 0 spiro atoms. The summed E-state index contributed by atoms with van der Waals surface area (Å²) in [7, 11) is 0. The van der Waals surface area contributed by atoms with Crippen molar-refractivity contribution in [1.82, 2.24) is 9.97 Å². The molecular formula is C49H55N3O8. The molecule has 0 saturated heterocycles. The van der Waals surface area contributed by atoms with Crippen LogP contribution in [0.1, 0.15) is 108 Å². The van der Waals surface area contributed by atoms with E-state index in [0.717, 1.165) is 65.0 Å². The van der Waals surface area contributed by atoms with Crippen molar-refractivity contribution in [2.24, 2.45) is 11.8 Å². The van der Waals surface area contributed by atoms with Crippen LogP contribution < -0.4 is 10.1 Å². The molecule has 1 saturated carbocycles. The zero-order valence-corrected chi connectivity index (χ0v) is 33.8. The van der Waals surface area contributed by atoms with Crippen molar-refractivity contribution in [1.29, 1.82) is 0 Å². The van der Waals surface area contributed by atoms with Gasteiger partial charge >= 0.3 is 0 Å². The quantitative estimate of drug-likeness (QED) is 0.0701. The highest BCUT2D eigenvalue weighted by molar-refractivity contribution is 6.05. The zero-order chi connectivity index (χ0) is 41.8. The Morgan fingerprint density at radius 1 is 0.867 bits per heavy atom. The average Bonchev–Trinajstić information content (AvgIpc) is 4.04. The Morgan fingerprint density at radius 2 is 1.68 bits per heavy atom. The van der Waals surface area contributed by atoms with Gasteiger partial charge in [0.1, 0.15) is 23.5 Å². The van der Waals surface area contributed by atoms with E-state index in [-0.39, 0.29) is 79.3 Å². The fourth-order valence-electron chi connectivity index (χ4n) is 9.56. The number of ether oxygens (including phenoxy) is 1. The lowest BCUT2D eigenvalue weighted by molar-refractivity contribution is -0.135. The number of Topliss-reactive ketones (excluding diaryl/α,β-unsaturated/α-hetero) is 2. The van der Waals surface area contributed by atoms with Crippen LogP contribution in [0.5, 0.6) is 17.2 Å². The molecule has 5 aromatic rings. The fraction of sp³-hybridized carbons (Fsp3) is 0.388. The summed E-state index contributed by atoms with van der Waals surface area (Å²) in [6.45, 7) is -0.0933. The van der Waals surface area contributed by atoms with Gasteiger partial charge in [-0.1, -0.05) is 36.4 Å². The third kappa shape index (κ3) is 9.08. The summed E-state index contributed by atoms with van der Waals surface area (Å²) in [6.07, 6.45) is 9.25. The van der Waals surface area contributed by atoms with Crippen LogP contribution >= 0.6 is 0 Å². The standard InChI is InChI=1S/C49H55N3O8/c53-20-17-39-43(56)14-12-31-24-41(47(58)44(25-31)60-37-9-1-2-10-37)46(57)32-7-3-6-30(21-32)22-33-15-18-51-49(33)52-28-34-26-42-38(16-19-50-42)40(45(34)48(39)59)27-36(55)13-11-29-5-4-8-35(54)23-29/h3-8,15-16,18-19,21,23-26,36-37,39-40,45-46,50-55,57-58H,1-2,9-14,17,20,22,27-28H2/t36-,39-,40-,45-,46+/m1/s1. The summed E-state index contributed by atoms with van der Waals surface area (Å²) in [5.41, 5.74) is 6.84. The van der Waals surface area contributed by atoms with Crippen molar-refractivity contribution in [3.8, 4) is 17.2 Å².